The first-order valence-electron chi connectivity index (χ1n) is 10.4. The minimum atomic E-state index is -0.714. The van der Waals surface area contributed by atoms with Gasteiger partial charge in [0.15, 0.2) is 6.61 Å². The number of methoxy groups -OCH3 is 1. The van der Waals surface area contributed by atoms with Crippen LogP contribution in [0, 0.1) is 0 Å². The lowest BCUT2D eigenvalue weighted by Gasteiger charge is -2.33. The number of hydrogen-bond acceptors (Lipinski definition) is 4. The highest BCUT2D eigenvalue weighted by Crippen LogP contribution is 2.27. The van der Waals surface area contributed by atoms with Crippen LogP contribution in [0.4, 0.5) is 0 Å². The lowest BCUT2D eigenvalue weighted by molar-refractivity contribution is -0.143. The van der Waals surface area contributed by atoms with E-state index in [9.17, 15) is 9.59 Å². The lowest BCUT2D eigenvalue weighted by atomic mass is 10.1. The van der Waals surface area contributed by atoms with Gasteiger partial charge >= 0.3 is 0 Å². The van der Waals surface area contributed by atoms with Crippen molar-refractivity contribution in [2.45, 2.75) is 52.2 Å². The Morgan fingerprint density at radius 3 is 2.09 bits per heavy atom. The molecule has 174 valence electrons. The Morgan fingerprint density at radius 1 is 1.03 bits per heavy atom. The number of rotatable bonds is 9. The third-order valence-corrected chi connectivity index (χ3v) is 5.40. The number of hydrogen-bond donors (Lipinski definition) is 1. The van der Waals surface area contributed by atoms with Gasteiger partial charge in [-0.2, -0.15) is 0 Å². The Hall–Kier alpha value is -2.44. The molecule has 0 fully saturated rings. The van der Waals surface area contributed by atoms with Crippen molar-refractivity contribution in [3.05, 3.63) is 58.1 Å². The Balaban J connectivity index is 2.28. The normalized spacial score (nSPS) is 12.1. The molecule has 2 amide bonds. The number of nitrogens with zero attached hydrogens (tertiary/aromatic N) is 1. The number of benzene rings is 2. The monoisotopic (exact) mass is 480 g/mol. The maximum Gasteiger partial charge on any atom is 0.261 e. The van der Waals surface area contributed by atoms with E-state index < -0.39 is 11.6 Å². The van der Waals surface area contributed by atoms with E-state index in [1.165, 1.54) is 4.90 Å². The molecule has 1 N–H and O–H groups in total. The number of ether oxygens (including phenoxy) is 2. The Labute approximate surface area is 199 Å². The van der Waals surface area contributed by atoms with E-state index in [1.807, 2.05) is 27.7 Å². The molecule has 0 aromatic heterocycles. The van der Waals surface area contributed by atoms with Crippen molar-refractivity contribution >= 4 is 35.0 Å². The predicted octanol–water partition coefficient (Wildman–Crippen LogP) is 5.10. The average molecular weight is 481 g/mol. The van der Waals surface area contributed by atoms with Crippen LogP contribution < -0.4 is 14.8 Å². The van der Waals surface area contributed by atoms with Crippen LogP contribution >= 0.6 is 23.2 Å². The van der Waals surface area contributed by atoms with Gasteiger partial charge in [-0.15, -0.1) is 0 Å². The number of halogens is 2. The summed E-state index contributed by atoms with van der Waals surface area (Å²) in [6.07, 6.45) is 0.415. The van der Waals surface area contributed by atoms with Gasteiger partial charge in [0.25, 0.3) is 5.91 Å². The molecule has 0 radical (unpaired) electrons. The highest BCUT2D eigenvalue weighted by Gasteiger charge is 2.31. The summed E-state index contributed by atoms with van der Waals surface area (Å²) in [6, 6.07) is 11.3. The second-order valence-corrected chi connectivity index (χ2v) is 9.16. The number of carbonyl (C=O) groups excluding carboxylic acids is 2. The van der Waals surface area contributed by atoms with Gasteiger partial charge in [-0.25, -0.2) is 0 Å². The van der Waals surface area contributed by atoms with E-state index in [2.05, 4.69) is 5.32 Å². The average Bonchev–Trinajstić information content (AvgIpc) is 2.73. The van der Waals surface area contributed by atoms with E-state index in [4.69, 9.17) is 32.7 Å². The van der Waals surface area contributed by atoms with E-state index in [1.54, 1.807) is 49.6 Å². The molecular weight excluding hydrogens is 451 g/mol. The van der Waals surface area contributed by atoms with Gasteiger partial charge in [-0.1, -0.05) is 36.2 Å². The summed E-state index contributed by atoms with van der Waals surface area (Å²) >= 11 is 12.7. The smallest absolute Gasteiger partial charge is 0.261 e. The van der Waals surface area contributed by atoms with Crippen LogP contribution in [-0.4, -0.2) is 42.0 Å². The van der Waals surface area contributed by atoms with Gasteiger partial charge in [0.2, 0.25) is 5.91 Å². The topological polar surface area (TPSA) is 67.9 Å². The van der Waals surface area contributed by atoms with Crippen molar-refractivity contribution in [2.75, 3.05) is 13.7 Å². The highest BCUT2D eigenvalue weighted by atomic mass is 35.5. The fourth-order valence-electron chi connectivity index (χ4n) is 3.13. The third kappa shape index (κ3) is 7.31. The molecular formula is C24H30Cl2N2O4. The zero-order valence-electron chi connectivity index (χ0n) is 19.1. The Kier molecular flexibility index (Phi) is 9.22. The first-order chi connectivity index (χ1) is 15.1. The van der Waals surface area contributed by atoms with E-state index in [0.717, 1.165) is 0 Å². The van der Waals surface area contributed by atoms with Gasteiger partial charge in [0.05, 0.1) is 7.11 Å². The predicted molar refractivity (Wildman–Crippen MR) is 127 cm³/mol. The van der Waals surface area contributed by atoms with Crippen molar-refractivity contribution in [1.82, 2.24) is 10.2 Å². The first kappa shape index (κ1) is 25.8. The van der Waals surface area contributed by atoms with Crippen LogP contribution in [-0.2, 0) is 16.1 Å². The number of carbonyl (C=O) groups is 2. The SMILES string of the molecule is CCC(C(=O)NC(C)(C)C)N(Cc1c(Cl)cccc1Cl)C(=O)COc1ccc(OC)cc1. The van der Waals surface area contributed by atoms with Crippen molar-refractivity contribution < 1.29 is 19.1 Å². The molecule has 1 atom stereocenters. The summed E-state index contributed by atoms with van der Waals surface area (Å²) in [5.41, 5.74) is 0.136. The molecule has 0 saturated heterocycles. The van der Waals surface area contributed by atoms with Gasteiger partial charge in [0, 0.05) is 27.7 Å². The van der Waals surface area contributed by atoms with Gasteiger partial charge < -0.3 is 19.7 Å². The molecule has 0 aliphatic heterocycles. The van der Waals surface area contributed by atoms with Gasteiger partial charge in [-0.05, 0) is 63.6 Å². The van der Waals surface area contributed by atoms with Crippen molar-refractivity contribution in [3.63, 3.8) is 0 Å². The molecule has 0 spiro atoms. The summed E-state index contributed by atoms with van der Waals surface area (Å²) in [5, 5.41) is 3.81. The van der Waals surface area contributed by atoms with Crippen LogP contribution in [0.2, 0.25) is 10.0 Å². The molecule has 2 rings (SSSR count). The van der Waals surface area contributed by atoms with Crippen LogP contribution in [0.3, 0.4) is 0 Å². The fraction of sp³-hybridized carbons (Fsp3) is 0.417. The molecule has 2 aromatic rings. The fourth-order valence-corrected chi connectivity index (χ4v) is 3.64. The van der Waals surface area contributed by atoms with Gasteiger partial charge in [0.1, 0.15) is 17.5 Å². The standard InChI is InChI=1S/C24H30Cl2N2O4/c1-6-21(23(30)27-24(2,3)4)28(14-18-19(25)8-7-9-20(18)26)22(29)15-32-17-12-10-16(31-5)11-13-17/h7-13,21H,6,14-15H2,1-5H3,(H,27,30). The second-order valence-electron chi connectivity index (χ2n) is 8.35. The molecule has 6 nitrogen and oxygen atoms in total. The van der Waals surface area contributed by atoms with Crippen LogP contribution in [0.25, 0.3) is 0 Å². The zero-order chi connectivity index (χ0) is 23.9. The molecule has 0 aliphatic carbocycles. The zero-order valence-corrected chi connectivity index (χ0v) is 20.6. The van der Waals surface area contributed by atoms with Crippen LogP contribution in [0.1, 0.15) is 39.7 Å². The number of nitrogens with one attached hydrogen (secondary N) is 1. The molecule has 0 heterocycles. The van der Waals surface area contributed by atoms with E-state index in [-0.39, 0.29) is 25.0 Å². The van der Waals surface area contributed by atoms with Crippen molar-refractivity contribution in [1.29, 1.82) is 0 Å². The summed E-state index contributed by atoms with van der Waals surface area (Å²) in [4.78, 5) is 27.7. The molecule has 2 aromatic carbocycles. The summed E-state index contributed by atoms with van der Waals surface area (Å²) in [5.74, 6) is 0.597. The molecule has 32 heavy (non-hydrogen) atoms. The molecule has 0 bridgehead atoms. The minimum absolute atomic E-state index is 0.0827. The van der Waals surface area contributed by atoms with Gasteiger partial charge in [-0.3, -0.25) is 9.59 Å². The lowest BCUT2D eigenvalue weighted by Crippen LogP contribution is -2.54. The first-order valence-corrected chi connectivity index (χ1v) is 11.1. The Morgan fingerprint density at radius 2 is 1.59 bits per heavy atom. The molecule has 0 aliphatic rings. The molecule has 0 saturated carbocycles. The maximum atomic E-state index is 13.2. The highest BCUT2D eigenvalue weighted by molar-refractivity contribution is 6.36. The van der Waals surface area contributed by atoms with Crippen LogP contribution in [0.5, 0.6) is 11.5 Å². The molecule has 8 heteroatoms. The summed E-state index contributed by atoms with van der Waals surface area (Å²) < 4.78 is 10.8. The summed E-state index contributed by atoms with van der Waals surface area (Å²) in [7, 11) is 1.57. The van der Waals surface area contributed by atoms with Crippen molar-refractivity contribution in [3.8, 4) is 11.5 Å². The summed E-state index contributed by atoms with van der Waals surface area (Å²) in [6.45, 7) is 7.36. The minimum Gasteiger partial charge on any atom is -0.497 e. The largest absolute Gasteiger partial charge is 0.497 e. The van der Waals surface area contributed by atoms with Crippen molar-refractivity contribution in [2.24, 2.45) is 0 Å². The maximum absolute atomic E-state index is 13.2. The quantitative estimate of drug-likeness (QED) is 0.541. The molecule has 1 unspecified atom stereocenters. The van der Waals surface area contributed by atoms with E-state index in [0.29, 0.717) is 33.5 Å². The van der Waals surface area contributed by atoms with Crippen LogP contribution in [0.15, 0.2) is 42.5 Å². The Bertz CT molecular complexity index is 906. The van der Waals surface area contributed by atoms with E-state index >= 15 is 0 Å². The number of amides is 2. The third-order valence-electron chi connectivity index (χ3n) is 4.70. The second kappa shape index (κ2) is 11.4.